The number of rotatable bonds is 8. The van der Waals surface area contributed by atoms with Gasteiger partial charge in [-0.15, -0.1) is 0 Å². The number of likely N-dealkylation sites (N-methyl/N-ethyl adjacent to an activating group) is 1. The number of fused-ring (bicyclic) bond motifs is 2. The number of carbonyl (C=O) groups excluding carboxylic acids is 1. The zero-order valence-corrected chi connectivity index (χ0v) is 24.9. The van der Waals surface area contributed by atoms with Crippen LogP contribution in [0.4, 0.5) is 16.3 Å². The van der Waals surface area contributed by atoms with Gasteiger partial charge in [0.25, 0.3) is 0 Å². The van der Waals surface area contributed by atoms with Crippen molar-refractivity contribution in [2.45, 2.75) is 89.7 Å². The Hall–Kier alpha value is -3.32. The molecule has 0 saturated carbocycles. The van der Waals surface area contributed by atoms with E-state index < -0.39 is 12.0 Å². The maximum Gasteiger partial charge on any atom is 0.319 e. The van der Waals surface area contributed by atoms with Gasteiger partial charge in [-0.2, -0.15) is 0 Å². The van der Waals surface area contributed by atoms with Crippen LogP contribution in [0, 0.1) is 0 Å². The molecule has 0 bridgehead atoms. The summed E-state index contributed by atoms with van der Waals surface area (Å²) in [6.07, 6.45) is 2.54. The SMILES string of the molecule is CC(CCN(C)CC1OC(n2cnc3c(N)ncnc32)C2OC(C)(C)OC12)NC(=O)Nc1ccc(C(C)(C)C)cc1. The topological polar surface area (TPSA) is 142 Å². The fraction of sp³-hybridized carbons (Fsp3) is 0.586. The van der Waals surface area contributed by atoms with E-state index in [1.54, 1.807) is 6.33 Å². The lowest BCUT2D eigenvalue weighted by Gasteiger charge is -2.27. The molecule has 1 aromatic carbocycles. The lowest BCUT2D eigenvalue weighted by molar-refractivity contribution is -0.197. The predicted octanol–water partition coefficient (Wildman–Crippen LogP) is 3.66. The molecule has 5 unspecified atom stereocenters. The second-order valence-electron chi connectivity index (χ2n) is 12.6. The maximum absolute atomic E-state index is 12.6. The summed E-state index contributed by atoms with van der Waals surface area (Å²) in [4.78, 5) is 27.6. The molecule has 5 atom stereocenters. The van der Waals surface area contributed by atoms with E-state index in [-0.39, 0.29) is 35.8 Å². The van der Waals surface area contributed by atoms with E-state index >= 15 is 0 Å². The molecule has 12 heteroatoms. The first-order valence-corrected chi connectivity index (χ1v) is 14.1. The minimum atomic E-state index is -0.739. The van der Waals surface area contributed by atoms with Crippen LogP contribution in [0.25, 0.3) is 11.2 Å². The molecule has 0 aliphatic carbocycles. The Kier molecular flexibility index (Phi) is 7.94. The van der Waals surface area contributed by atoms with Crippen LogP contribution in [0.5, 0.6) is 0 Å². The Labute approximate surface area is 241 Å². The molecule has 2 aromatic heterocycles. The van der Waals surface area contributed by atoms with Crippen LogP contribution in [0.15, 0.2) is 36.9 Å². The molecule has 2 fully saturated rings. The van der Waals surface area contributed by atoms with Crippen LogP contribution in [0.1, 0.15) is 59.8 Å². The quantitative estimate of drug-likeness (QED) is 0.372. The van der Waals surface area contributed by atoms with Crippen molar-refractivity contribution in [1.82, 2.24) is 29.7 Å². The highest BCUT2D eigenvalue weighted by atomic mass is 16.8. The van der Waals surface area contributed by atoms with Crippen molar-refractivity contribution < 1.29 is 19.0 Å². The number of hydrogen-bond acceptors (Lipinski definition) is 9. The summed E-state index contributed by atoms with van der Waals surface area (Å²) in [6, 6.07) is 7.73. The molecule has 2 aliphatic heterocycles. The van der Waals surface area contributed by atoms with Crippen LogP contribution in [-0.4, -0.2) is 80.7 Å². The molecule has 2 saturated heterocycles. The number of hydrogen-bond donors (Lipinski definition) is 3. The molecule has 0 spiro atoms. The van der Waals surface area contributed by atoms with E-state index in [1.165, 1.54) is 11.9 Å². The predicted molar refractivity (Wildman–Crippen MR) is 156 cm³/mol. The summed E-state index contributed by atoms with van der Waals surface area (Å²) in [5.41, 5.74) is 9.17. The number of carbonyl (C=O) groups is 1. The van der Waals surface area contributed by atoms with Crippen LogP contribution in [-0.2, 0) is 19.6 Å². The van der Waals surface area contributed by atoms with Gasteiger partial charge in [-0.1, -0.05) is 32.9 Å². The van der Waals surface area contributed by atoms with E-state index in [4.69, 9.17) is 19.9 Å². The number of amides is 2. The third-order valence-corrected chi connectivity index (χ3v) is 7.61. The Morgan fingerprint density at radius 1 is 1.15 bits per heavy atom. The molecular formula is C29H42N8O4. The molecule has 3 aromatic rings. The van der Waals surface area contributed by atoms with Gasteiger partial charge in [-0.05, 0) is 63.9 Å². The van der Waals surface area contributed by atoms with Crippen molar-refractivity contribution in [3.63, 3.8) is 0 Å². The van der Waals surface area contributed by atoms with E-state index in [1.807, 2.05) is 56.7 Å². The Morgan fingerprint density at radius 3 is 2.56 bits per heavy atom. The third kappa shape index (κ3) is 6.45. The number of aromatic nitrogens is 4. The zero-order valence-electron chi connectivity index (χ0n) is 24.9. The highest BCUT2D eigenvalue weighted by Gasteiger charge is 2.56. The molecule has 12 nitrogen and oxygen atoms in total. The minimum absolute atomic E-state index is 0.0243. The average Bonchev–Trinajstić information content (AvgIpc) is 3.54. The molecule has 4 N–H and O–H groups in total. The summed E-state index contributed by atoms with van der Waals surface area (Å²) >= 11 is 0. The normalized spacial score (nSPS) is 24.5. The largest absolute Gasteiger partial charge is 0.382 e. The second-order valence-corrected chi connectivity index (χ2v) is 12.6. The summed E-state index contributed by atoms with van der Waals surface area (Å²) in [6.45, 7) is 13.7. The van der Waals surface area contributed by atoms with Gasteiger partial charge in [-0.25, -0.2) is 19.7 Å². The minimum Gasteiger partial charge on any atom is -0.382 e. The summed E-state index contributed by atoms with van der Waals surface area (Å²) in [5.74, 6) is -0.421. The van der Waals surface area contributed by atoms with Crippen molar-refractivity contribution in [2.24, 2.45) is 0 Å². The van der Waals surface area contributed by atoms with E-state index in [2.05, 4.69) is 51.3 Å². The fourth-order valence-electron chi connectivity index (χ4n) is 5.42. The molecule has 2 amide bonds. The number of anilines is 2. The Morgan fingerprint density at radius 2 is 1.85 bits per heavy atom. The summed E-state index contributed by atoms with van der Waals surface area (Å²) < 4.78 is 20.9. The molecule has 222 valence electrons. The van der Waals surface area contributed by atoms with Crippen molar-refractivity contribution in [2.75, 3.05) is 31.2 Å². The maximum atomic E-state index is 12.6. The van der Waals surface area contributed by atoms with Gasteiger partial charge in [0.15, 0.2) is 23.5 Å². The van der Waals surface area contributed by atoms with Gasteiger partial charge < -0.3 is 35.5 Å². The van der Waals surface area contributed by atoms with Crippen LogP contribution < -0.4 is 16.4 Å². The molecule has 41 heavy (non-hydrogen) atoms. The number of urea groups is 1. The Balaban J connectivity index is 1.15. The van der Waals surface area contributed by atoms with Crippen molar-refractivity contribution in [3.05, 3.63) is 42.5 Å². The van der Waals surface area contributed by atoms with Crippen molar-refractivity contribution in [1.29, 1.82) is 0 Å². The summed E-state index contributed by atoms with van der Waals surface area (Å²) in [5, 5.41) is 5.96. The van der Waals surface area contributed by atoms with Gasteiger partial charge in [0.2, 0.25) is 0 Å². The van der Waals surface area contributed by atoms with Crippen LogP contribution in [0.2, 0.25) is 0 Å². The lowest BCUT2D eigenvalue weighted by atomic mass is 9.87. The Bertz CT molecular complexity index is 1370. The number of benzene rings is 1. The second kappa shape index (κ2) is 11.2. The molecular weight excluding hydrogens is 524 g/mol. The van der Waals surface area contributed by atoms with Gasteiger partial charge in [-0.3, -0.25) is 4.57 Å². The monoisotopic (exact) mass is 566 g/mol. The number of nitrogens with zero attached hydrogens (tertiary/aromatic N) is 5. The first-order valence-electron chi connectivity index (χ1n) is 14.1. The number of nitrogen functional groups attached to an aromatic ring is 1. The molecule has 0 radical (unpaired) electrons. The number of nitrogens with one attached hydrogen (secondary N) is 2. The smallest absolute Gasteiger partial charge is 0.319 e. The number of imidazole rings is 1. The average molecular weight is 567 g/mol. The van der Waals surface area contributed by atoms with Gasteiger partial charge in [0, 0.05) is 18.3 Å². The molecule has 2 aliphatic rings. The van der Waals surface area contributed by atoms with E-state index in [0.717, 1.165) is 18.7 Å². The van der Waals surface area contributed by atoms with Gasteiger partial charge in [0.05, 0.1) is 6.33 Å². The highest BCUT2D eigenvalue weighted by molar-refractivity contribution is 5.89. The number of nitrogens with two attached hydrogens (primary N) is 1. The standard InChI is InChI=1S/C29H42N8O4/c1-17(34-27(38)35-19-10-8-18(9-11-19)28(2,3)4)12-13-36(7)14-20-22-23(41-29(5,6)40-22)26(39-20)37-16-33-21-24(30)31-15-32-25(21)37/h8-11,15-17,20,22-23,26H,12-14H2,1-7H3,(H2,30,31,32)(H2,34,35,38). The van der Waals surface area contributed by atoms with E-state index in [9.17, 15) is 4.79 Å². The highest BCUT2D eigenvalue weighted by Crippen LogP contribution is 2.44. The number of ether oxygens (including phenoxy) is 3. The van der Waals surface area contributed by atoms with Gasteiger partial charge in [0.1, 0.15) is 30.2 Å². The lowest BCUT2D eigenvalue weighted by Crippen LogP contribution is -2.41. The fourth-order valence-corrected chi connectivity index (χ4v) is 5.42. The first-order chi connectivity index (χ1) is 19.3. The third-order valence-electron chi connectivity index (χ3n) is 7.61. The summed E-state index contributed by atoms with van der Waals surface area (Å²) in [7, 11) is 2.04. The van der Waals surface area contributed by atoms with Crippen molar-refractivity contribution in [3.8, 4) is 0 Å². The van der Waals surface area contributed by atoms with Crippen LogP contribution in [0.3, 0.4) is 0 Å². The van der Waals surface area contributed by atoms with E-state index in [0.29, 0.717) is 23.5 Å². The molecule has 4 heterocycles. The first kappa shape index (κ1) is 29.2. The molecule has 5 rings (SSSR count). The van der Waals surface area contributed by atoms with Gasteiger partial charge >= 0.3 is 6.03 Å². The van der Waals surface area contributed by atoms with Crippen molar-refractivity contribution >= 4 is 28.7 Å². The van der Waals surface area contributed by atoms with Crippen LogP contribution >= 0.6 is 0 Å². The zero-order chi connectivity index (χ0) is 29.5.